The fraction of sp³-hybridized carbons (Fsp3) is 0.364. The van der Waals surface area contributed by atoms with Crippen LogP contribution in [-0.4, -0.2) is 18.2 Å². The largest absolute Gasteiger partial charge is 0.494 e. The Morgan fingerprint density at radius 1 is 1.56 bits per heavy atom. The molecule has 1 aromatic rings. The summed E-state index contributed by atoms with van der Waals surface area (Å²) in [6, 6.07) is 3.00. The lowest BCUT2D eigenvalue weighted by molar-refractivity contribution is -0.140. The number of ether oxygens (including phenoxy) is 1. The number of aliphatic carboxylic acids is 1. The molecule has 3 nitrogen and oxygen atoms in total. The third kappa shape index (κ3) is 1.59. The van der Waals surface area contributed by atoms with Crippen LogP contribution in [0.15, 0.2) is 16.6 Å². The summed E-state index contributed by atoms with van der Waals surface area (Å²) in [5, 5.41) is 9.11. The number of rotatable bonds is 3. The molecule has 0 atom stereocenters. The van der Waals surface area contributed by atoms with Crippen LogP contribution < -0.4 is 4.74 Å². The summed E-state index contributed by atoms with van der Waals surface area (Å²) in [5.41, 5.74) is -0.854. The van der Waals surface area contributed by atoms with Gasteiger partial charge in [-0.2, -0.15) is 0 Å². The molecule has 0 spiro atoms. The van der Waals surface area contributed by atoms with Gasteiger partial charge in [0, 0.05) is 10.0 Å². The molecule has 1 saturated carbocycles. The highest BCUT2D eigenvalue weighted by molar-refractivity contribution is 9.10. The first-order chi connectivity index (χ1) is 7.51. The SMILES string of the molecule is COc1cc(Br)cc(C2(C(=O)O)CC2)c1F. The van der Waals surface area contributed by atoms with Crippen LogP contribution in [0.1, 0.15) is 18.4 Å². The maximum atomic E-state index is 13.9. The van der Waals surface area contributed by atoms with Crippen molar-refractivity contribution < 1.29 is 19.0 Å². The number of halogens is 2. The van der Waals surface area contributed by atoms with Gasteiger partial charge in [0.05, 0.1) is 12.5 Å². The monoisotopic (exact) mass is 288 g/mol. The highest BCUT2D eigenvalue weighted by Gasteiger charge is 2.53. The number of carboxylic acid groups (broad SMARTS) is 1. The van der Waals surface area contributed by atoms with E-state index in [-0.39, 0.29) is 11.3 Å². The van der Waals surface area contributed by atoms with Crippen LogP contribution >= 0.6 is 15.9 Å². The number of benzene rings is 1. The smallest absolute Gasteiger partial charge is 0.314 e. The second-order valence-corrected chi connectivity index (χ2v) is 4.77. The van der Waals surface area contributed by atoms with E-state index in [2.05, 4.69) is 15.9 Å². The lowest BCUT2D eigenvalue weighted by atomic mass is 9.95. The summed E-state index contributed by atoms with van der Waals surface area (Å²) in [6.45, 7) is 0. The minimum absolute atomic E-state index is 0.0666. The van der Waals surface area contributed by atoms with Crippen LogP contribution in [-0.2, 0) is 10.2 Å². The van der Waals surface area contributed by atoms with Crippen molar-refractivity contribution in [3.05, 3.63) is 28.0 Å². The average molecular weight is 289 g/mol. The zero-order chi connectivity index (χ0) is 11.9. The lowest BCUT2D eigenvalue weighted by Crippen LogP contribution is -2.21. The second kappa shape index (κ2) is 3.73. The molecule has 0 radical (unpaired) electrons. The molecular formula is C11H10BrFO3. The van der Waals surface area contributed by atoms with Crippen molar-refractivity contribution >= 4 is 21.9 Å². The zero-order valence-corrected chi connectivity index (χ0v) is 10.2. The van der Waals surface area contributed by atoms with Crippen molar-refractivity contribution in [2.24, 2.45) is 0 Å². The van der Waals surface area contributed by atoms with Gasteiger partial charge in [0.1, 0.15) is 0 Å². The molecule has 0 heterocycles. The van der Waals surface area contributed by atoms with Crippen LogP contribution in [0.25, 0.3) is 0 Å². The van der Waals surface area contributed by atoms with Crippen molar-refractivity contribution in [2.45, 2.75) is 18.3 Å². The van der Waals surface area contributed by atoms with E-state index in [0.29, 0.717) is 17.3 Å². The van der Waals surface area contributed by atoms with Gasteiger partial charge in [0.25, 0.3) is 0 Å². The summed E-state index contributed by atoms with van der Waals surface area (Å²) in [6.07, 6.45) is 0.942. The molecule has 0 saturated heterocycles. The van der Waals surface area contributed by atoms with Gasteiger partial charge >= 0.3 is 5.97 Å². The Morgan fingerprint density at radius 2 is 2.19 bits per heavy atom. The summed E-state index contributed by atoms with van der Waals surface area (Å²) < 4.78 is 19.4. The molecule has 2 rings (SSSR count). The van der Waals surface area contributed by atoms with E-state index in [9.17, 15) is 9.18 Å². The van der Waals surface area contributed by atoms with E-state index in [0.717, 1.165) is 0 Å². The molecular weight excluding hydrogens is 279 g/mol. The van der Waals surface area contributed by atoms with E-state index in [1.54, 1.807) is 0 Å². The first-order valence-electron chi connectivity index (χ1n) is 4.78. The van der Waals surface area contributed by atoms with Gasteiger partial charge in [-0.05, 0) is 25.0 Å². The predicted octanol–water partition coefficient (Wildman–Crippen LogP) is 2.71. The van der Waals surface area contributed by atoms with Crippen LogP contribution in [0.5, 0.6) is 5.75 Å². The van der Waals surface area contributed by atoms with E-state index < -0.39 is 17.2 Å². The zero-order valence-electron chi connectivity index (χ0n) is 8.59. The highest BCUT2D eigenvalue weighted by atomic mass is 79.9. The molecule has 1 fully saturated rings. The third-order valence-corrected chi connectivity index (χ3v) is 3.36. The fourth-order valence-electron chi connectivity index (χ4n) is 1.78. The van der Waals surface area contributed by atoms with Gasteiger partial charge < -0.3 is 9.84 Å². The van der Waals surface area contributed by atoms with Crippen molar-refractivity contribution in [1.82, 2.24) is 0 Å². The van der Waals surface area contributed by atoms with Crippen molar-refractivity contribution in [3.63, 3.8) is 0 Å². The van der Waals surface area contributed by atoms with Crippen LogP contribution in [0.3, 0.4) is 0 Å². The van der Waals surface area contributed by atoms with Gasteiger partial charge in [-0.15, -0.1) is 0 Å². The molecule has 0 bridgehead atoms. The standard InChI is InChI=1S/C11H10BrFO3/c1-16-8-5-6(12)4-7(9(8)13)11(2-3-11)10(14)15/h4-5H,2-3H2,1H3,(H,14,15). The topological polar surface area (TPSA) is 46.5 Å². The molecule has 1 aromatic carbocycles. The molecule has 86 valence electrons. The summed E-state index contributed by atoms with van der Waals surface area (Å²) in [7, 11) is 1.36. The summed E-state index contributed by atoms with van der Waals surface area (Å²) in [4.78, 5) is 11.1. The number of carboxylic acids is 1. The molecule has 0 unspecified atom stereocenters. The third-order valence-electron chi connectivity index (χ3n) is 2.90. The molecule has 0 aliphatic heterocycles. The lowest BCUT2D eigenvalue weighted by Gasteiger charge is -2.14. The van der Waals surface area contributed by atoms with Gasteiger partial charge in [-0.25, -0.2) is 4.39 Å². The van der Waals surface area contributed by atoms with E-state index in [1.165, 1.54) is 19.2 Å². The normalized spacial score (nSPS) is 16.9. The number of hydrogen-bond donors (Lipinski definition) is 1. The maximum absolute atomic E-state index is 13.9. The maximum Gasteiger partial charge on any atom is 0.314 e. The minimum atomic E-state index is -1.05. The average Bonchev–Trinajstić information content (AvgIpc) is 3.02. The molecule has 1 aliphatic carbocycles. The Morgan fingerprint density at radius 3 is 2.62 bits per heavy atom. The Kier molecular flexibility index (Phi) is 2.66. The molecule has 1 aliphatic rings. The Bertz CT molecular complexity index is 455. The van der Waals surface area contributed by atoms with Crippen LogP contribution in [0.4, 0.5) is 4.39 Å². The first kappa shape index (κ1) is 11.4. The second-order valence-electron chi connectivity index (χ2n) is 3.86. The van der Waals surface area contributed by atoms with Crippen molar-refractivity contribution in [1.29, 1.82) is 0 Å². The number of hydrogen-bond acceptors (Lipinski definition) is 2. The minimum Gasteiger partial charge on any atom is -0.494 e. The number of methoxy groups -OCH3 is 1. The predicted molar refractivity (Wildman–Crippen MR) is 59.2 cm³/mol. The quantitative estimate of drug-likeness (QED) is 0.930. The summed E-state index contributed by atoms with van der Waals surface area (Å²) in [5.74, 6) is -1.49. The van der Waals surface area contributed by atoms with E-state index >= 15 is 0 Å². The van der Waals surface area contributed by atoms with Gasteiger partial charge in [-0.1, -0.05) is 15.9 Å². The summed E-state index contributed by atoms with van der Waals surface area (Å²) >= 11 is 3.22. The van der Waals surface area contributed by atoms with Crippen molar-refractivity contribution in [2.75, 3.05) is 7.11 Å². The molecule has 0 aromatic heterocycles. The van der Waals surface area contributed by atoms with Gasteiger partial charge in [0.2, 0.25) is 0 Å². The van der Waals surface area contributed by atoms with Gasteiger partial charge in [0.15, 0.2) is 11.6 Å². The van der Waals surface area contributed by atoms with Crippen molar-refractivity contribution in [3.8, 4) is 5.75 Å². The van der Waals surface area contributed by atoms with E-state index in [4.69, 9.17) is 9.84 Å². The van der Waals surface area contributed by atoms with Crippen LogP contribution in [0, 0.1) is 5.82 Å². The first-order valence-corrected chi connectivity index (χ1v) is 5.57. The fourth-order valence-corrected chi connectivity index (χ4v) is 2.22. The molecule has 0 amide bonds. The molecule has 1 N–H and O–H groups in total. The molecule has 5 heteroatoms. The molecule has 16 heavy (non-hydrogen) atoms. The number of carbonyl (C=O) groups is 1. The van der Waals surface area contributed by atoms with Gasteiger partial charge in [-0.3, -0.25) is 4.79 Å². The van der Waals surface area contributed by atoms with Crippen LogP contribution in [0.2, 0.25) is 0 Å². The van der Waals surface area contributed by atoms with E-state index in [1.807, 2.05) is 0 Å². The highest BCUT2D eigenvalue weighted by Crippen LogP contribution is 2.51. The Labute approximate surface area is 100 Å². The Hall–Kier alpha value is -1.10. The Balaban J connectivity index is 2.57.